The van der Waals surface area contributed by atoms with Gasteiger partial charge in [-0.2, -0.15) is 0 Å². The predicted octanol–water partition coefficient (Wildman–Crippen LogP) is 3.85. The molecule has 158 valence electrons. The van der Waals surface area contributed by atoms with Crippen molar-refractivity contribution >= 4 is 23.2 Å². The van der Waals surface area contributed by atoms with Crippen molar-refractivity contribution in [2.75, 3.05) is 11.9 Å². The molecule has 31 heavy (non-hydrogen) atoms. The minimum Gasteiger partial charge on any atom is -0.477 e. The Kier molecular flexibility index (Phi) is 6.95. The van der Waals surface area contributed by atoms with Gasteiger partial charge in [0.25, 0.3) is 11.8 Å². The molecule has 0 aromatic heterocycles. The molecular weight excluding hydrogens is 398 g/mol. The van der Waals surface area contributed by atoms with Crippen LogP contribution in [0.2, 0.25) is 0 Å². The van der Waals surface area contributed by atoms with Gasteiger partial charge in [0, 0.05) is 12.6 Å². The molecule has 3 aromatic carbocycles. The quantitative estimate of drug-likeness (QED) is 0.426. The zero-order chi connectivity index (χ0) is 22.2. The number of carbonyl (C=O) groups excluding carboxylic acids is 2. The summed E-state index contributed by atoms with van der Waals surface area (Å²) in [6.07, 6.45) is 0. The molecule has 0 heterocycles. The Morgan fingerprint density at radius 1 is 1.00 bits per heavy atom. The van der Waals surface area contributed by atoms with Gasteiger partial charge in [-0.1, -0.05) is 48.5 Å². The van der Waals surface area contributed by atoms with Gasteiger partial charge >= 0.3 is 5.69 Å². The van der Waals surface area contributed by atoms with Gasteiger partial charge in [-0.15, -0.1) is 0 Å². The average Bonchev–Trinajstić information content (AvgIpc) is 2.77. The van der Waals surface area contributed by atoms with Crippen molar-refractivity contribution in [3.05, 3.63) is 99.6 Å². The summed E-state index contributed by atoms with van der Waals surface area (Å²) in [5, 5.41) is 16.6. The van der Waals surface area contributed by atoms with E-state index in [9.17, 15) is 19.7 Å². The third kappa shape index (κ3) is 5.89. The van der Waals surface area contributed by atoms with Crippen LogP contribution in [-0.4, -0.2) is 23.3 Å². The fourth-order valence-corrected chi connectivity index (χ4v) is 2.89. The van der Waals surface area contributed by atoms with Crippen LogP contribution in [0, 0.1) is 17.0 Å². The van der Waals surface area contributed by atoms with Crippen LogP contribution in [0.4, 0.5) is 11.4 Å². The van der Waals surface area contributed by atoms with E-state index in [1.54, 1.807) is 37.3 Å². The van der Waals surface area contributed by atoms with E-state index in [-0.39, 0.29) is 17.3 Å². The van der Waals surface area contributed by atoms with Gasteiger partial charge in [-0.25, -0.2) is 0 Å². The predicted molar refractivity (Wildman–Crippen MR) is 116 cm³/mol. The summed E-state index contributed by atoms with van der Waals surface area (Å²) in [5.74, 6) is -0.882. The molecule has 8 nitrogen and oxygen atoms in total. The summed E-state index contributed by atoms with van der Waals surface area (Å²) in [6.45, 7) is 1.63. The summed E-state index contributed by atoms with van der Waals surface area (Å²) in [7, 11) is 0. The van der Waals surface area contributed by atoms with Gasteiger partial charge in [-0.05, 0) is 36.2 Å². The summed E-state index contributed by atoms with van der Waals surface area (Å²) in [4.78, 5) is 35.5. The normalized spacial score (nSPS) is 10.2. The zero-order valence-electron chi connectivity index (χ0n) is 16.8. The zero-order valence-corrected chi connectivity index (χ0v) is 16.8. The van der Waals surface area contributed by atoms with E-state index in [0.717, 1.165) is 5.56 Å². The molecule has 0 radical (unpaired) electrons. The Labute approximate surface area is 179 Å². The summed E-state index contributed by atoms with van der Waals surface area (Å²) in [6, 6.07) is 20.5. The lowest BCUT2D eigenvalue weighted by Gasteiger charge is -2.12. The number of nitro benzene ring substituents is 1. The number of carbonyl (C=O) groups is 2. The number of rotatable bonds is 8. The molecule has 3 rings (SSSR count). The first-order valence-corrected chi connectivity index (χ1v) is 9.53. The molecule has 0 spiro atoms. The Morgan fingerprint density at radius 3 is 2.45 bits per heavy atom. The smallest absolute Gasteiger partial charge is 0.311 e. The van der Waals surface area contributed by atoms with Crippen molar-refractivity contribution in [2.45, 2.75) is 13.5 Å². The molecule has 8 heteroatoms. The number of para-hydroxylation sites is 1. The minimum absolute atomic E-state index is 0.000334. The average molecular weight is 419 g/mol. The number of hydrogen-bond acceptors (Lipinski definition) is 5. The SMILES string of the molecule is Cc1ccc(OCC(=O)Nc2ccccc2C(=O)NCc2ccccc2)c([N+](=O)[O-])c1. The number of nitro groups is 1. The molecule has 0 unspecified atom stereocenters. The summed E-state index contributed by atoms with van der Waals surface area (Å²) >= 11 is 0. The Bertz CT molecular complexity index is 1100. The second-order valence-electron chi connectivity index (χ2n) is 6.78. The molecule has 0 atom stereocenters. The van der Waals surface area contributed by atoms with Crippen LogP contribution in [0.5, 0.6) is 5.75 Å². The Hall–Kier alpha value is -4.20. The van der Waals surface area contributed by atoms with Gasteiger partial charge in [-0.3, -0.25) is 19.7 Å². The maximum Gasteiger partial charge on any atom is 0.311 e. The van der Waals surface area contributed by atoms with Crippen LogP contribution in [0.25, 0.3) is 0 Å². The van der Waals surface area contributed by atoms with E-state index in [1.807, 2.05) is 30.3 Å². The van der Waals surface area contributed by atoms with E-state index in [2.05, 4.69) is 10.6 Å². The van der Waals surface area contributed by atoms with Gasteiger partial charge < -0.3 is 15.4 Å². The highest BCUT2D eigenvalue weighted by Gasteiger charge is 2.17. The fourth-order valence-electron chi connectivity index (χ4n) is 2.89. The van der Waals surface area contributed by atoms with Crippen molar-refractivity contribution in [3.8, 4) is 5.75 Å². The molecule has 2 amide bonds. The van der Waals surface area contributed by atoms with Crippen molar-refractivity contribution in [2.24, 2.45) is 0 Å². The molecule has 0 aliphatic heterocycles. The Morgan fingerprint density at radius 2 is 1.71 bits per heavy atom. The van der Waals surface area contributed by atoms with E-state index in [4.69, 9.17) is 4.74 Å². The van der Waals surface area contributed by atoms with Gasteiger partial charge in [0.15, 0.2) is 12.4 Å². The van der Waals surface area contributed by atoms with Crippen LogP contribution in [0.1, 0.15) is 21.5 Å². The van der Waals surface area contributed by atoms with Gasteiger partial charge in [0.05, 0.1) is 16.2 Å². The van der Waals surface area contributed by atoms with Crippen molar-refractivity contribution in [1.82, 2.24) is 5.32 Å². The van der Waals surface area contributed by atoms with E-state index in [1.165, 1.54) is 12.1 Å². The second kappa shape index (κ2) is 10.0. The largest absolute Gasteiger partial charge is 0.477 e. The number of benzene rings is 3. The van der Waals surface area contributed by atoms with Crippen LogP contribution >= 0.6 is 0 Å². The van der Waals surface area contributed by atoms with Crippen LogP contribution in [0.15, 0.2) is 72.8 Å². The first-order chi connectivity index (χ1) is 14.9. The number of hydrogen-bond donors (Lipinski definition) is 2. The number of anilines is 1. The molecule has 0 aliphatic carbocycles. The van der Waals surface area contributed by atoms with Gasteiger partial charge in [0.1, 0.15) is 0 Å². The highest BCUT2D eigenvalue weighted by molar-refractivity contribution is 6.04. The number of aryl methyl sites for hydroxylation is 1. The summed E-state index contributed by atoms with van der Waals surface area (Å²) < 4.78 is 5.34. The van der Waals surface area contributed by atoms with Crippen molar-refractivity contribution in [1.29, 1.82) is 0 Å². The molecule has 2 N–H and O–H groups in total. The molecule has 0 fully saturated rings. The first kappa shape index (κ1) is 21.5. The molecule has 0 bridgehead atoms. The molecular formula is C23H21N3O5. The Balaban J connectivity index is 1.63. The molecule has 3 aromatic rings. The maximum atomic E-state index is 12.6. The third-order valence-corrected chi connectivity index (χ3v) is 4.41. The first-order valence-electron chi connectivity index (χ1n) is 9.53. The monoisotopic (exact) mass is 419 g/mol. The lowest BCUT2D eigenvalue weighted by molar-refractivity contribution is -0.385. The molecule has 0 saturated heterocycles. The van der Waals surface area contributed by atoms with Crippen molar-refractivity contribution in [3.63, 3.8) is 0 Å². The lowest BCUT2D eigenvalue weighted by atomic mass is 10.1. The topological polar surface area (TPSA) is 111 Å². The van der Waals surface area contributed by atoms with Crippen molar-refractivity contribution < 1.29 is 19.2 Å². The highest BCUT2D eigenvalue weighted by atomic mass is 16.6. The molecule has 0 aliphatic rings. The van der Waals surface area contributed by atoms with Crippen LogP contribution in [0.3, 0.4) is 0 Å². The van der Waals surface area contributed by atoms with E-state index < -0.39 is 17.4 Å². The standard InChI is InChI=1S/C23H21N3O5/c1-16-11-12-21(20(13-16)26(29)30)31-15-22(27)25-19-10-6-5-9-18(19)23(28)24-14-17-7-3-2-4-8-17/h2-13H,14-15H2,1H3,(H,24,28)(H,25,27). The maximum absolute atomic E-state index is 12.6. The minimum atomic E-state index is -0.563. The number of nitrogens with one attached hydrogen (secondary N) is 2. The second-order valence-corrected chi connectivity index (χ2v) is 6.78. The molecule has 0 saturated carbocycles. The highest BCUT2D eigenvalue weighted by Crippen LogP contribution is 2.27. The van der Waals surface area contributed by atoms with E-state index in [0.29, 0.717) is 23.4 Å². The number of nitrogens with zero attached hydrogens (tertiary/aromatic N) is 1. The fraction of sp³-hybridized carbons (Fsp3) is 0.130. The van der Waals surface area contributed by atoms with Crippen LogP contribution < -0.4 is 15.4 Å². The van der Waals surface area contributed by atoms with E-state index >= 15 is 0 Å². The lowest BCUT2D eigenvalue weighted by Crippen LogP contribution is -2.26. The third-order valence-electron chi connectivity index (χ3n) is 4.41. The number of amides is 2. The number of ether oxygens (including phenoxy) is 1. The summed E-state index contributed by atoms with van der Waals surface area (Å²) in [5.41, 5.74) is 2.06. The van der Waals surface area contributed by atoms with Crippen LogP contribution in [-0.2, 0) is 11.3 Å². The van der Waals surface area contributed by atoms with Gasteiger partial charge in [0.2, 0.25) is 0 Å².